The minimum atomic E-state index is -0.177. The van der Waals surface area contributed by atoms with Gasteiger partial charge in [-0.15, -0.1) is 0 Å². The fourth-order valence-electron chi connectivity index (χ4n) is 3.28. The van der Waals surface area contributed by atoms with Gasteiger partial charge in [-0.3, -0.25) is 9.78 Å². The molecule has 7 heteroatoms. The number of carbonyl (C=O) groups excluding carboxylic acids is 1. The van der Waals surface area contributed by atoms with Gasteiger partial charge in [0.05, 0.1) is 12.2 Å². The molecule has 3 heterocycles. The Bertz CT molecular complexity index is 808. The van der Waals surface area contributed by atoms with Crippen molar-refractivity contribution in [3.05, 3.63) is 47.2 Å². The summed E-state index contributed by atoms with van der Waals surface area (Å²) in [4.78, 5) is 30.6. The highest BCUT2D eigenvalue weighted by atomic mass is 16.2. The molecule has 0 saturated carbocycles. The summed E-state index contributed by atoms with van der Waals surface area (Å²) < 4.78 is 0. The van der Waals surface area contributed by atoms with Crippen LogP contribution in [-0.4, -0.2) is 50.9 Å². The standard InChI is InChI=1S/C20H28N6O/c1-13(2)26(12-17-7-5-6-9-22-17)20(27)18-23-15(4)14(3)19(24-18)25-10-8-16(21)11-25/h5-7,9,13,16H,8,10-12,21H2,1-4H3/t16-/m1/s1. The number of aryl methyl sites for hydroxylation is 1. The Balaban J connectivity index is 1.91. The third kappa shape index (κ3) is 4.24. The van der Waals surface area contributed by atoms with Gasteiger partial charge in [0.1, 0.15) is 5.82 Å². The van der Waals surface area contributed by atoms with E-state index < -0.39 is 0 Å². The molecular formula is C20H28N6O. The van der Waals surface area contributed by atoms with Crippen LogP contribution in [0.4, 0.5) is 5.82 Å². The second kappa shape index (κ2) is 8.00. The molecule has 2 aromatic rings. The van der Waals surface area contributed by atoms with Gasteiger partial charge in [-0.2, -0.15) is 0 Å². The normalized spacial score (nSPS) is 16.8. The Morgan fingerprint density at radius 3 is 2.70 bits per heavy atom. The topological polar surface area (TPSA) is 88.2 Å². The zero-order valence-corrected chi connectivity index (χ0v) is 16.5. The first-order chi connectivity index (χ1) is 12.9. The van der Waals surface area contributed by atoms with Crippen LogP contribution in [0.1, 0.15) is 47.8 Å². The molecule has 0 aromatic carbocycles. The molecule has 2 N–H and O–H groups in total. The molecule has 1 atom stereocenters. The minimum absolute atomic E-state index is 0.00775. The molecule has 1 aliphatic heterocycles. The highest BCUT2D eigenvalue weighted by Crippen LogP contribution is 2.24. The van der Waals surface area contributed by atoms with Crippen molar-refractivity contribution >= 4 is 11.7 Å². The lowest BCUT2D eigenvalue weighted by Crippen LogP contribution is -2.38. The monoisotopic (exact) mass is 368 g/mol. The highest BCUT2D eigenvalue weighted by molar-refractivity contribution is 5.91. The molecule has 1 aliphatic rings. The number of pyridine rings is 1. The summed E-state index contributed by atoms with van der Waals surface area (Å²) in [6.07, 6.45) is 2.67. The minimum Gasteiger partial charge on any atom is -0.355 e. The number of hydrogen-bond donors (Lipinski definition) is 1. The van der Waals surface area contributed by atoms with Crippen LogP contribution in [0.25, 0.3) is 0 Å². The van der Waals surface area contributed by atoms with Crippen LogP contribution in [0.2, 0.25) is 0 Å². The maximum Gasteiger partial charge on any atom is 0.292 e. The van der Waals surface area contributed by atoms with E-state index in [1.807, 2.05) is 45.9 Å². The van der Waals surface area contributed by atoms with Gasteiger partial charge in [0.15, 0.2) is 0 Å². The van der Waals surface area contributed by atoms with E-state index in [1.54, 1.807) is 11.1 Å². The number of hydrogen-bond acceptors (Lipinski definition) is 6. The first kappa shape index (κ1) is 19.2. The van der Waals surface area contributed by atoms with Crippen LogP contribution >= 0.6 is 0 Å². The first-order valence-corrected chi connectivity index (χ1v) is 9.43. The lowest BCUT2D eigenvalue weighted by Gasteiger charge is -2.27. The van der Waals surface area contributed by atoms with E-state index in [4.69, 9.17) is 5.73 Å². The zero-order valence-electron chi connectivity index (χ0n) is 16.5. The van der Waals surface area contributed by atoms with Gasteiger partial charge < -0.3 is 15.5 Å². The number of nitrogens with zero attached hydrogens (tertiary/aromatic N) is 5. The van der Waals surface area contributed by atoms with Crippen molar-refractivity contribution in [2.45, 2.75) is 52.7 Å². The van der Waals surface area contributed by atoms with Gasteiger partial charge in [-0.05, 0) is 46.2 Å². The van der Waals surface area contributed by atoms with Crippen molar-refractivity contribution < 1.29 is 4.79 Å². The molecule has 0 bridgehead atoms. The number of amides is 1. The molecule has 1 fully saturated rings. The van der Waals surface area contributed by atoms with Crippen LogP contribution < -0.4 is 10.6 Å². The Kier molecular flexibility index (Phi) is 5.70. The van der Waals surface area contributed by atoms with E-state index in [0.29, 0.717) is 6.54 Å². The third-order valence-corrected chi connectivity index (χ3v) is 5.02. The van der Waals surface area contributed by atoms with Crippen LogP contribution in [0, 0.1) is 13.8 Å². The predicted octanol–water partition coefficient (Wildman–Crippen LogP) is 2.08. The largest absolute Gasteiger partial charge is 0.355 e. The average molecular weight is 368 g/mol. The SMILES string of the molecule is Cc1nc(C(=O)N(Cc2ccccn2)C(C)C)nc(N2CC[C@@H](N)C2)c1C. The van der Waals surface area contributed by atoms with Gasteiger partial charge in [-0.25, -0.2) is 9.97 Å². The highest BCUT2D eigenvalue weighted by Gasteiger charge is 2.27. The van der Waals surface area contributed by atoms with Crippen molar-refractivity contribution in [2.75, 3.05) is 18.0 Å². The Morgan fingerprint density at radius 1 is 1.33 bits per heavy atom. The van der Waals surface area contributed by atoms with Gasteiger partial charge in [0.2, 0.25) is 5.82 Å². The van der Waals surface area contributed by atoms with Gasteiger partial charge in [0, 0.05) is 42.6 Å². The van der Waals surface area contributed by atoms with Crippen LogP contribution in [0.5, 0.6) is 0 Å². The van der Waals surface area contributed by atoms with Gasteiger partial charge in [-0.1, -0.05) is 6.07 Å². The Labute approximate surface area is 160 Å². The van der Waals surface area contributed by atoms with Gasteiger partial charge in [0.25, 0.3) is 5.91 Å². The third-order valence-electron chi connectivity index (χ3n) is 5.02. The zero-order chi connectivity index (χ0) is 19.6. The molecule has 0 aliphatic carbocycles. The summed E-state index contributed by atoms with van der Waals surface area (Å²) in [5.74, 6) is 0.877. The maximum atomic E-state index is 13.2. The lowest BCUT2D eigenvalue weighted by molar-refractivity contribution is 0.0674. The molecule has 7 nitrogen and oxygen atoms in total. The predicted molar refractivity (Wildman–Crippen MR) is 106 cm³/mol. The van der Waals surface area contributed by atoms with Crippen LogP contribution in [-0.2, 0) is 6.54 Å². The summed E-state index contributed by atoms with van der Waals surface area (Å²) in [6, 6.07) is 5.86. The molecule has 27 heavy (non-hydrogen) atoms. The quantitative estimate of drug-likeness (QED) is 0.869. The number of aromatic nitrogens is 3. The van der Waals surface area contributed by atoms with Crippen molar-refractivity contribution in [1.82, 2.24) is 19.9 Å². The van der Waals surface area contributed by atoms with Crippen molar-refractivity contribution in [3.8, 4) is 0 Å². The molecular weight excluding hydrogens is 340 g/mol. The van der Waals surface area contributed by atoms with Crippen molar-refractivity contribution in [2.24, 2.45) is 5.73 Å². The Morgan fingerprint density at radius 2 is 2.11 bits per heavy atom. The molecule has 0 spiro atoms. The second-order valence-electron chi connectivity index (χ2n) is 7.42. The molecule has 0 radical (unpaired) electrons. The van der Waals surface area contributed by atoms with E-state index in [2.05, 4.69) is 19.9 Å². The number of carbonyl (C=O) groups is 1. The summed E-state index contributed by atoms with van der Waals surface area (Å²) in [7, 11) is 0. The van der Waals surface area contributed by atoms with Crippen LogP contribution in [0.3, 0.4) is 0 Å². The fourth-order valence-corrected chi connectivity index (χ4v) is 3.28. The fraction of sp³-hybridized carbons (Fsp3) is 0.500. The summed E-state index contributed by atoms with van der Waals surface area (Å²) >= 11 is 0. The van der Waals surface area contributed by atoms with E-state index in [9.17, 15) is 4.79 Å². The van der Waals surface area contributed by atoms with E-state index in [0.717, 1.165) is 42.3 Å². The molecule has 1 amide bonds. The lowest BCUT2D eigenvalue weighted by atomic mass is 10.2. The molecule has 1 saturated heterocycles. The van der Waals surface area contributed by atoms with Gasteiger partial charge >= 0.3 is 0 Å². The summed E-state index contributed by atoms with van der Waals surface area (Å²) in [5, 5.41) is 0. The van der Waals surface area contributed by atoms with Crippen molar-refractivity contribution in [3.63, 3.8) is 0 Å². The summed E-state index contributed by atoms with van der Waals surface area (Å²) in [5.41, 5.74) is 8.72. The van der Waals surface area contributed by atoms with E-state index in [-0.39, 0.29) is 23.8 Å². The number of nitrogens with two attached hydrogens (primary N) is 1. The first-order valence-electron chi connectivity index (χ1n) is 9.43. The van der Waals surface area contributed by atoms with Crippen molar-refractivity contribution in [1.29, 1.82) is 0 Å². The van der Waals surface area contributed by atoms with E-state index in [1.165, 1.54) is 0 Å². The number of anilines is 1. The smallest absolute Gasteiger partial charge is 0.292 e. The van der Waals surface area contributed by atoms with Crippen LogP contribution in [0.15, 0.2) is 24.4 Å². The number of rotatable bonds is 5. The molecule has 0 unspecified atom stereocenters. The second-order valence-corrected chi connectivity index (χ2v) is 7.42. The molecule has 3 rings (SSSR count). The molecule has 2 aromatic heterocycles. The molecule has 144 valence electrons. The Hall–Kier alpha value is -2.54. The van der Waals surface area contributed by atoms with E-state index >= 15 is 0 Å². The maximum absolute atomic E-state index is 13.2. The summed E-state index contributed by atoms with van der Waals surface area (Å²) in [6.45, 7) is 9.94. The average Bonchev–Trinajstić information content (AvgIpc) is 3.08.